The van der Waals surface area contributed by atoms with E-state index in [4.69, 9.17) is 5.73 Å². The molecule has 2 unspecified atom stereocenters. The molecule has 5 heteroatoms. The summed E-state index contributed by atoms with van der Waals surface area (Å²) >= 11 is 0. The fourth-order valence-electron chi connectivity index (χ4n) is 5.27. The van der Waals surface area contributed by atoms with Crippen molar-refractivity contribution >= 4 is 16.8 Å². The van der Waals surface area contributed by atoms with Gasteiger partial charge in [0, 0.05) is 37.1 Å². The number of hydrogen-bond acceptors (Lipinski definition) is 4. The molecule has 1 amide bonds. The second-order valence-electron chi connectivity index (χ2n) is 8.78. The van der Waals surface area contributed by atoms with Crippen molar-refractivity contribution in [3.63, 3.8) is 0 Å². The van der Waals surface area contributed by atoms with Crippen molar-refractivity contribution in [1.29, 1.82) is 0 Å². The van der Waals surface area contributed by atoms with Crippen molar-refractivity contribution in [3.05, 3.63) is 78.0 Å². The number of pyridine rings is 1. The number of para-hydroxylation sites is 1. The number of carbonyl (C=O) groups excluding carboxylic acids is 1. The first kappa shape index (κ1) is 19.2. The summed E-state index contributed by atoms with van der Waals surface area (Å²) in [6.07, 6.45) is 3.11. The van der Waals surface area contributed by atoms with Crippen LogP contribution in [0.5, 0.6) is 0 Å². The molecule has 2 aliphatic rings. The lowest BCUT2D eigenvalue weighted by Crippen LogP contribution is -2.35. The maximum absolute atomic E-state index is 12.8. The Balaban J connectivity index is 1.51. The maximum atomic E-state index is 12.8. The number of nitrogens with zero attached hydrogens (tertiary/aromatic N) is 2. The van der Waals surface area contributed by atoms with Gasteiger partial charge in [0.1, 0.15) is 0 Å². The number of aliphatic hydroxyl groups excluding tert-OH is 1. The summed E-state index contributed by atoms with van der Waals surface area (Å²) in [5.41, 5.74) is 8.40. The average molecular weight is 402 g/mol. The molecule has 1 saturated heterocycles. The third-order valence-corrected chi connectivity index (χ3v) is 6.98. The normalized spacial score (nSPS) is 27.2. The number of primary amides is 1. The lowest BCUT2D eigenvalue weighted by molar-refractivity contribution is -0.120. The van der Waals surface area contributed by atoms with Crippen LogP contribution in [0.3, 0.4) is 0 Å². The van der Waals surface area contributed by atoms with E-state index in [1.165, 1.54) is 5.56 Å². The first-order valence-corrected chi connectivity index (χ1v) is 10.7. The van der Waals surface area contributed by atoms with Crippen LogP contribution in [0.2, 0.25) is 0 Å². The number of rotatable bonds is 6. The minimum Gasteiger partial charge on any atom is -0.392 e. The predicted molar refractivity (Wildman–Crippen MR) is 117 cm³/mol. The first-order chi connectivity index (χ1) is 14.6. The standard InChI is InChI=1S/C25H27N3O2/c26-24(30)25(19-12-18-8-4-5-9-23(18)27-14-19)13-22(25)21(17-6-2-1-3-7-17)16-28-11-10-20(29)15-28/h1-9,12,14,20-22,29H,10-11,13,15-16H2,(H2,26,30)/t20-,21-,22?,25?/m1/s1. The predicted octanol–water partition coefficient (Wildman–Crippen LogP) is 2.83. The van der Waals surface area contributed by atoms with Crippen molar-refractivity contribution in [1.82, 2.24) is 9.88 Å². The molecule has 5 nitrogen and oxygen atoms in total. The van der Waals surface area contributed by atoms with Gasteiger partial charge < -0.3 is 15.7 Å². The van der Waals surface area contributed by atoms with E-state index >= 15 is 0 Å². The average Bonchev–Trinajstić information content (AvgIpc) is 3.40. The van der Waals surface area contributed by atoms with Gasteiger partial charge in [0.05, 0.1) is 17.0 Å². The molecule has 2 fully saturated rings. The van der Waals surface area contributed by atoms with Crippen molar-refractivity contribution in [3.8, 4) is 0 Å². The second-order valence-corrected chi connectivity index (χ2v) is 8.78. The summed E-state index contributed by atoms with van der Waals surface area (Å²) in [7, 11) is 0. The Hall–Kier alpha value is -2.76. The zero-order valence-electron chi connectivity index (χ0n) is 16.9. The van der Waals surface area contributed by atoms with Gasteiger partial charge in [0.15, 0.2) is 0 Å². The largest absolute Gasteiger partial charge is 0.392 e. The van der Waals surface area contributed by atoms with E-state index < -0.39 is 5.41 Å². The van der Waals surface area contributed by atoms with Crippen molar-refractivity contribution in [2.45, 2.75) is 30.3 Å². The van der Waals surface area contributed by atoms with E-state index in [-0.39, 0.29) is 23.8 Å². The van der Waals surface area contributed by atoms with Gasteiger partial charge in [-0.2, -0.15) is 0 Å². The molecule has 4 atom stereocenters. The van der Waals surface area contributed by atoms with Gasteiger partial charge in [-0.05, 0) is 42.0 Å². The number of likely N-dealkylation sites (tertiary alicyclic amines) is 1. The Morgan fingerprint density at radius 1 is 1.20 bits per heavy atom. The zero-order valence-corrected chi connectivity index (χ0v) is 16.9. The number of aromatic nitrogens is 1. The molecule has 0 bridgehead atoms. The van der Waals surface area contributed by atoms with Crippen LogP contribution in [0.4, 0.5) is 0 Å². The molecule has 2 aromatic carbocycles. The molecule has 1 aromatic heterocycles. The molecule has 0 spiro atoms. The van der Waals surface area contributed by atoms with Crippen LogP contribution in [0.1, 0.15) is 29.9 Å². The van der Waals surface area contributed by atoms with Crippen LogP contribution in [-0.2, 0) is 10.2 Å². The van der Waals surface area contributed by atoms with E-state index in [2.05, 4.69) is 28.1 Å². The van der Waals surface area contributed by atoms with Crippen molar-refractivity contribution in [2.24, 2.45) is 11.7 Å². The molecule has 30 heavy (non-hydrogen) atoms. The number of hydrogen-bond donors (Lipinski definition) is 2. The topological polar surface area (TPSA) is 79.5 Å². The minimum absolute atomic E-state index is 0.123. The molecule has 5 rings (SSSR count). The Kier molecular flexibility index (Phi) is 4.80. The third kappa shape index (κ3) is 3.28. The molecule has 1 saturated carbocycles. The van der Waals surface area contributed by atoms with E-state index in [9.17, 15) is 9.90 Å². The summed E-state index contributed by atoms with van der Waals surface area (Å²) in [5.74, 6) is 0.0283. The van der Waals surface area contributed by atoms with Gasteiger partial charge >= 0.3 is 0 Å². The van der Waals surface area contributed by atoms with Gasteiger partial charge in [0.2, 0.25) is 5.91 Å². The lowest BCUT2D eigenvalue weighted by atomic mass is 9.84. The highest BCUT2D eigenvalue weighted by Gasteiger charge is 2.63. The summed E-state index contributed by atoms with van der Waals surface area (Å²) in [5, 5.41) is 11.0. The van der Waals surface area contributed by atoms with E-state index in [1.54, 1.807) is 0 Å². The highest BCUT2D eigenvalue weighted by molar-refractivity contribution is 5.92. The van der Waals surface area contributed by atoms with Crippen LogP contribution >= 0.6 is 0 Å². The summed E-state index contributed by atoms with van der Waals surface area (Å²) in [6, 6.07) is 20.4. The molecule has 1 aliphatic carbocycles. The van der Waals surface area contributed by atoms with Gasteiger partial charge in [-0.3, -0.25) is 9.78 Å². The molecular weight excluding hydrogens is 374 g/mol. The second kappa shape index (κ2) is 7.49. The highest BCUT2D eigenvalue weighted by atomic mass is 16.3. The molecule has 0 radical (unpaired) electrons. The summed E-state index contributed by atoms with van der Waals surface area (Å²) < 4.78 is 0. The monoisotopic (exact) mass is 401 g/mol. The van der Waals surface area contributed by atoms with E-state index in [1.807, 2.05) is 48.7 Å². The Morgan fingerprint density at radius 2 is 1.97 bits per heavy atom. The van der Waals surface area contributed by atoms with Crippen LogP contribution < -0.4 is 5.73 Å². The minimum atomic E-state index is -0.685. The van der Waals surface area contributed by atoms with Gasteiger partial charge in [-0.15, -0.1) is 0 Å². The fourth-order valence-corrected chi connectivity index (χ4v) is 5.27. The first-order valence-electron chi connectivity index (χ1n) is 10.7. The summed E-state index contributed by atoms with van der Waals surface area (Å²) in [4.78, 5) is 19.7. The van der Waals surface area contributed by atoms with Crippen molar-refractivity contribution in [2.75, 3.05) is 19.6 Å². The lowest BCUT2D eigenvalue weighted by Gasteiger charge is -2.26. The number of aliphatic hydroxyl groups is 1. The van der Waals surface area contributed by atoms with Crippen molar-refractivity contribution < 1.29 is 9.90 Å². The molecule has 154 valence electrons. The van der Waals surface area contributed by atoms with Crippen LogP contribution in [0.25, 0.3) is 10.9 Å². The van der Waals surface area contributed by atoms with Gasteiger partial charge in [-0.1, -0.05) is 48.5 Å². The molecule has 2 heterocycles. The quantitative estimate of drug-likeness (QED) is 0.666. The number of benzene rings is 2. The highest BCUT2D eigenvalue weighted by Crippen LogP contribution is 2.60. The van der Waals surface area contributed by atoms with Crippen LogP contribution in [0, 0.1) is 5.92 Å². The Morgan fingerprint density at radius 3 is 2.70 bits per heavy atom. The van der Waals surface area contributed by atoms with E-state index in [0.717, 1.165) is 42.4 Å². The van der Waals surface area contributed by atoms with Crippen LogP contribution in [-0.4, -0.2) is 46.6 Å². The summed E-state index contributed by atoms with van der Waals surface area (Å²) in [6.45, 7) is 2.40. The molecule has 3 aromatic rings. The number of amides is 1. The molecular formula is C25H27N3O2. The Bertz CT molecular complexity index is 1070. The SMILES string of the molecule is NC(=O)C1(c2cnc3ccccc3c2)CC1[C@H](CN1CC[C@@H](O)C1)c1ccccc1. The molecule has 3 N–H and O–H groups in total. The maximum Gasteiger partial charge on any atom is 0.228 e. The van der Waals surface area contributed by atoms with E-state index in [0.29, 0.717) is 6.54 Å². The number of nitrogens with two attached hydrogens (primary N) is 1. The van der Waals surface area contributed by atoms with Gasteiger partial charge in [-0.25, -0.2) is 0 Å². The van der Waals surface area contributed by atoms with Crippen LogP contribution in [0.15, 0.2) is 66.9 Å². The fraction of sp³-hybridized carbons (Fsp3) is 0.360. The third-order valence-electron chi connectivity index (χ3n) is 6.98. The number of β-amino-alcohol motifs (C(OH)–C–C–N with tert-alkyl or cyclic N) is 1. The Labute approximate surface area is 176 Å². The van der Waals surface area contributed by atoms with Gasteiger partial charge in [0.25, 0.3) is 0 Å². The number of carbonyl (C=O) groups is 1. The number of fused-ring (bicyclic) bond motifs is 1. The zero-order chi connectivity index (χ0) is 20.7. The molecule has 1 aliphatic heterocycles. The smallest absolute Gasteiger partial charge is 0.228 e.